The van der Waals surface area contributed by atoms with Gasteiger partial charge < -0.3 is 9.80 Å². The lowest BCUT2D eigenvalue weighted by molar-refractivity contribution is -0.137. The van der Waals surface area contributed by atoms with E-state index in [4.69, 9.17) is 0 Å². The molecule has 0 aliphatic rings. The molecule has 0 atom stereocenters. The van der Waals surface area contributed by atoms with E-state index in [1.165, 1.54) is 0 Å². The standard InChI is InChI=1S/C16H21F3N6O2S/c1-24(2)14-21-13(22-15(23-14)25(3)4)9-20-28(26,27)10-11-5-7-12(8-6-11)16(17,18)19/h5-8,20H,9-10H2,1-4H3. The molecule has 154 valence electrons. The first-order chi connectivity index (χ1) is 12.9. The van der Waals surface area contributed by atoms with Gasteiger partial charge in [0.2, 0.25) is 21.9 Å². The maximum atomic E-state index is 12.6. The molecule has 0 fully saturated rings. The van der Waals surface area contributed by atoms with Crippen LogP contribution in [0.15, 0.2) is 24.3 Å². The third kappa shape index (κ3) is 6.02. The van der Waals surface area contributed by atoms with Crippen LogP contribution in [-0.2, 0) is 28.5 Å². The van der Waals surface area contributed by atoms with Gasteiger partial charge >= 0.3 is 6.18 Å². The van der Waals surface area contributed by atoms with Crippen LogP contribution in [0.3, 0.4) is 0 Å². The van der Waals surface area contributed by atoms with Crippen LogP contribution in [0.1, 0.15) is 17.0 Å². The minimum atomic E-state index is -4.47. The third-order valence-electron chi connectivity index (χ3n) is 3.55. The molecular weight excluding hydrogens is 397 g/mol. The van der Waals surface area contributed by atoms with E-state index in [-0.39, 0.29) is 17.9 Å². The summed E-state index contributed by atoms with van der Waals surface area (Å²) >= 11 is 0. The van der Waals surface area contributed by atoms with Gasteiger partial charge in [0.1, 0.15) is 0 Å². The lowest BCUT2D eigenvalue weighted by atomic mass is 10.1. The van der Waals surface area contributed by atoms with Crippen molar-refractivity contribution in [2.75, 3.05) is 38.0 Å². The summed E-state index contributed by atoms with van der Waals surface area (Å²) in [5.74, 6) is 0.502. The molecule has 0 unspecified atom stereocenters. The van der Waals surface area contributed by atoms with Crippen LogP contribution >= 0.6 is 0 Å². The van der Waals surface area contributed by atoms with Crippen LogP contribution in [0.4, 0.5) is 25.1 Å². The van der Waals surface area contributed by atoms with E-state index in [9.17, 15) is 21.6 Å². The molecule has 0 spiro atoms. The highest BCUT2D eigenvalue weighted by Crippen LogP contribution is 2.29. The first-order valence-electron chi connectivity index (χ1n) is 8.10. The van der Waals surface area contributed by atoms with Gasteiger partial charge in [-0.25, -0.2) is 13.1 Å². The summed E-state index contributed by atoms with van der Waals surface area (Å²) < 4.78 is 64.7. The topological polar surface area (TPSA) is 91.3 Å². The first kappa shape index (κ1) is 21.8. The van der Waals surface area contributed by atoms with Crippen molar-refractivity contribution >= 4 is 21.9 Å². The van der Waals surface area contributed by atoms with Crippen molar-refractivity contribution in [3.8, 4) is 0 Å². The summed E-state index contributed by atoms with van der Waals surface area (Å²) in [7, 11) is 3.17. The van der Waals surface area contributed by atoms with Gasteiger partial charge in [0.15, 0.2) is 5.82 Å². The molecule has 1 aromatic heterocycles. The average Bonchev–Trinajstić information content (AvgIpc) is 2.59. The number of aromatic nitrogens is 3. The molecule has 1 N–H and O–H groups in total. The number of sulfonamides is 1. The zero-order valence-electron chi connectivity index (χ0n) is 15.8. The van der Waals surface area contributed by atoms with Gasteiger partial charge in [-0.15, -0.1) is 0 Å². The molecule has 1 aromatic carbocycles. The Morgan fingerprint density at radius 1 is 0.929 bits per heavy atom. The molecule has 0 radical (unpaired) electrons. The summed E-state index contributed by atoms with van der Waals surface area (Å²) in [6.45, 7) is -0.173. The van der Waals surface area contributed by atoms with Gasteiger partial charge in [-0.1, -0.05) is 12.1 Å². The maximum Gasteiger partial charge on any atom is 0.416 e. The number of halogens is 3. The molecule has 0 saturated carbocycles. The summed E-state index contributed by atoms with van der Waals surface area (Å²) in [5.41, 5.74) is -0.599. The lowest BCUT2D eigenvalue weighted by Gasteiger charge is -2.16. The van der Waals surface area contributed by atoms with Crippen molar-refractivity contribution in [2.24, 2.45) is 0 Å². The third-order valence-corrected chi connectivity index (χ3v) is 4.84. The minimum absolute atomic E-state index is 0.173. The van der Waals surface area contributed by atoms with Gasteiger partial charge in [0.25, 0.3) is 0 Å². The Kier molecular flexibility index (Phi) is 6.44. The second-order valence-electron chi connectivity index (χ2n) is 6.42. The van der Waals surface area contributed by atoms with Crippen LogP contribution < -0.4 is 14.5 Å². The first-order valence-corrected chi connectivity index (χ1v) is 9.76. The van der Waals surface area contributed by atoms with Crippen LogP contribution in [0.5, 0.6) is 0 Å². The van der Waals surface area contributed by atoms with Gasteiger partial charge in [0, 0.05) is 28.2 Å². The summed E-state index contributed by atoms with van der Waals surface area (Å²) in [6, 6.07) is 3.98. The van der Waals surface area contributed by atoms with Crippen LogP contribution in [0.25, 0.3) is 0 Å². The van der Waals surface area contributed by atoms with E-state index in [1.54, 1.807) is 38.0 Å². The fourth-order valence-corrected chi connectivity index (χ4v) is 3.19. The van der Waals surface area contributed by atoms with Crippen LogP contribution in [-0.4, -0.2) is 51.6 Å². The summed E-state index contributed by atoms with van der Waals surface area (Å²) in [4.78, 5) is 15.9. The van der Waals surface area contributed by atoms with Gasteiger partial charge in [-0.3, -0.25) is 0 Å². The minimum Gasteiger partial charge on any atom is -0.347 e. The SMILES string of the molecule is CN(C)c1nc(CNS(=O)(=O)Cc2ccc(C(F)(F)F)cc2)nc(N(C)C)n1. The lowest BCUT2D eigenvalue weighted by Crippen LogP contribution is -2.27. The van der Waals surface area contributed by atoms with E-state index in [0.29, 0.717) is 11.9 Å². The van der Waals surface area contributed by atoms with Crippen molar-refractivity contribution in [1.29, 1.82) is 0 Å². The predicted molar refractivity (Wildman–Crippen MR) is 99.4 cm³/mol. The van der Waals surface area contributed by atoms with Crippen molar-refractivity contribution in [3.63, 3.8) is 0 Å². The Hall–Kier alpha value is -2.47. The molecule has 0 aliphatic carbocycles. The quantitative estimate of drug-likeness (QED) is 0.731. The van der Waals surface area contributed by atoms with Crippen molar-refractivity contribution < 1.29 is 21.6 Å². The smallest absolute Gasteiger partial charge is 0.347 e. The highest BCUT2D eigenvalue weighted by atomic mass is 32.2. The van der Waals surface area contributed by atoms with Crippen molar-refractivity contribution in [3.05, 3.63) is 41.2 Å². The summed E-state index contributed by atoms with van der Waals surface area (Å²) in [6.07, 6.45) is -4.47. The number of benzene rings is 1. The number of nitrogens with zero attached hydrogens (tertiary/aromatic N) is 5. The highest BCUT2D eigenvalue weighted by Gasteiger charge is 2.30. The Morgan fingerprint density at radius 2 is 1.43 bits per heavy atom. The molecule has 0 bridgehead atoms. The molecular formula is C16H21F3N6O2S. The number of nitrogens with one attached hydrogen (secondary N) is 1. The molecule has 0 amide bonds. The number of hydrogen-bond donors (Lipinski definition) is 1. The van der Waals surface area contributed by atoms with Gasteiger partial charge in [-0.05, 0) is 17.7 Å². The molecule has 0 aliphatic heterocycles. The highest BCUT2D eigenvalue weighted by molar-refractivity contribution is 7.88. The normalized spacial score (nSPS) is 12.1. The Balaban J connectivity index is 2.11. The van der Waals surface area contributed by atoms with Gasteiger partial charge in [0.05, 0.1) is 17.9 Å². The molecule has 12 heteroatoms. The fourth-order valence-electron chi connectivity index (χ4n) is 2.11. The second kappa shape index (κ2) is 8.27. The van der Waals surface area contributed by atoms with E-state index < -0.39 is 27.5 Å². The second-order valence-corrected chi connectivity index (χ2v) is 8.22. The molecule has 2 aromatic rings. The monoisotopic (exact) mass is 418 g/mol. The van der Waals surface area contributed by atoms with Crippen LogP contribution in [0.2, 0.25) is 0 Å². The van der Waals surface area contributed by atoms with E-state index in [0.717, 1.165) is 24.3 Å². The Morgan fingerprint density at radius 3 is 1.86 bits per heavy atom. The fraction of sp³-hybridized carbons (Fsp3) is 0.438. The number of hydrogen-bond acceptors (Lipinski definition) is 7. The van der Waals surface area contributed by atoms with E-state index >= 15 is 0 Å². The Labute approximate surface area is 161 Å². The number of alkyl halides is 3. The zero-order chi connectivity index (χ0) is 21.1. The zero-order valence-corrected chi connectivity index (χ0v) is 16.6. The average molecular weight is 418 g/mol. The predicted octanol–water partition coefficient (Wildman–Crippen LogP) is 1.64. The van der Waals surface area contributed by atoms with Gasteiger partial charge in [-0.2, -0.15) is 28.1 Å². The largest absolute Gasteiger partial charge is 0.416 e. The molecule has 1 heterocycles. The van der Waals surface area contributed by atoms with Crippen molar-refractivity contribution in [1.82, 2.24) is 19.7 Å². The molecule has 28 heavy (non-hydrogen) atoms. The molecule has 2 rings (SSSR count). The maximum absolute atomic E-state index is 12.6. The van der Waals surface area contributed by atoms with Crippen molar-refractivity contribution in [2.45, 2.75) is 18.5 Å². The molecule has 8 nitrogen and oxygen atoms in total. The number of anilines is 2. The summed E-state index contributed by atoms with van der Waals surface area (Å²) in [5, 5.41) is 0. The van der Waals surface area contributed by atoms with Crippen LogP contribution in [0, 0.1) is 0 Å². The van der Waals surface area contributed by atoms with E-state index in [1.807, 2.05) is 0 Å². The Bertz CT molecular complexity index is 889. The number of rotatable bonds is 7. The van der Waals surface area contributed by atoms with E-state index in [2.05, 4.69) is 19.7 Å². The molecule has 0 saturated heterocycles.